The van der Waals surface area contributed by atoms with E-state index in [1.807, 2.05) is 13.8 Å². The van der Waals surface area contributed by atoms with E-state index in [1.54, 1.807) is 0 Å². The molecule has 0 aromatic rings. The molecular formula is C17H30N4O7. The van der Waals surface area contributed by atoms with Gasteiger partial charge in [-0.2, -0.15) is 0 Å². The first kappa shape index (κ1) is 25.3. The Bertz CT molecular complexity index is 596. The number of carboxylic acids is 2. The van der Waals surface area contributed by atoms with E-state index in [9.17, 15) is 24.0 Å². The Morgan fingerprint density at radius 3 is 1.75 bits per heavy atom. The molecule has 0 saturated carbocycles. The van der Waals surface area contributed by atoms with Crippen LogP contribution in [-0.2, 0) is 24.0 Å². The molecule has 0 rings (SSSR count). The van der Waals surface area contributed by atoms with Crippen LogP contribution in [0.2, 0.25) is 0 Å². The number of hydrogen-bond acceptors (Lipinski definition) is 6. The van der Waals surface area contributed by atoms with Crippen molar-refractivity contribution in [3.63, 3.8) is 0 Å². The summed E-state index contributed by atoms with van der Waals surface area (Å²) in [6.07, 6.45) is -0.0342. The number of nitrogens with two attached hydrogens (primary N) is 1. The minimum Gasteiger partial charge on any atom is -0.481 e. The average Bonchev–Trinajstić information content (AvgIpc) is 2.62. The van der Waals surface area contributed by atoms with E-state index in [4.69, 9.17) is 15.9 Å². The summed E-state index contributed by atoms with van der Waals surface area (Å²) in [6.45, 7) is 6.45. The Kier molecular flexibility index (Phi) is 10.8. The third kappa shape index (κ3) is 8.80. The number of carbonyl (C=O) groups excluding carboxylic acids is 3. The van der Waals surface area contributed by atoms with Crippen molar-refractivity contribution in [1.82, 2.24) is 16.0 Å². The number of amides is 3. The Morgan fingerprint density at radius 1 is 0.857 bits per heavy atom. The summed E-state index contributed by atoms with van der Waals surface area (Å²) in [7, 11) is 0. The van der Waals surface area contributed by atoms with Gasteiger partial charge in [0.15, 0.2) is 0 Å². The van der Waals surface area contributed by atoms with Gasteiger partial charge in [-0.1, -0.05) is 20.3 Å². The summed E-state index contributed by atoms with van der Waals surface area (Å²) < 4.78 is 0. The second kappa shape index (κ2) is 11.9. The molecule has 7 N–H and O–H groups in total. The number of carbonyl (C=O) groups is 5. The van der Waals surface area contributed by atoms with Gasteiger partial charge < -0.3 is 31.9 Å². The lowest BCUT2D eigenvalue weighted by molar-refractivity contribution is -0.143. The Morgan fingerprint density at radius 2 is 1.32 bits per heavy atom. The van der Waals surface area contributed by atoms with Gasteiger partial charge in [0.2, 0.25) is 17.7 Å². The number of rotatable bonds is 12. The third-order valence-electron chi connectivity index (χ3n) is 4.33. The van der Waals surface area contributed by atoms with Crippen LogP contribution in [0.5, 0.6) is 0 Å². The van der Waals surface area contributed by atoms with Crippen molar-refractivity contribution in [2.45, 2.75) is 71.1 Å². The highest BCUT2D eigenvalue weighted by atomic mass is 16.4. The zero-order valence-electron chi connectivity index (χ0n) is 16.5. The van der Waals surface area contributed by atoms with Gasteiger partial charge in [-0.25, -0.2) is 4.79 Å². The van der Waals surface area contributed by atoms with Gasteiger partial charge in [-0.05, 0) is 26.2 Å². The molecule has 5 unspecified atom stereocenters. The molecule has 5 atom stereocenters. The van der Waals surface area contributed by atoms with E-state index < -0.39 is 60.2 Å². The molecule has 0 bridgehead atoms. The van der Waals surface area contributed by atoms with Crippen molar-refractivity contribution in [2.75, 3.05) is 0 Å². The van der Waals surface area contributed by atoms with Gasteiger partial charge in [0.05, 0.1) is 6.04 Å². The topological polar surface area (TPSA) is 188 Å². The summed E-state index contributed by atoms with van der Waals surface area (Å²) in [5.41, 5.74) is 5.80. The summed E-state index contributed by atoms with van der Waals surface area (Å²) in [4.78, 5) is 57.9. The first-order valence-corrected chi connectivity index (χ1v) is 9.01. The van der Waals surface area contributed by atoms with E-state index >= 15 is 0 Å². The highest BCUT2D eigenvalue weighted by Crippen LogP contribution is 2.05. The van der Waals surface area contributed by atoms with Crippen molar-refractivity contribution < 1.29 is 34.2 Å². The molecule has 11 heteroatoms. The van der Waals surface area contributed by atoms with E-state index in [1.165, 1.54) is 13.8 Å². The van der Waals surface area contributed by atoms with Gasteiger partial charge in [0, 0.05) is 6.42 Å². The number of carboxylic acid groups (broad SMARTS) is 2. The lowest BCUT2D eigenvalue weighted by Crippen LogP contribution is -2.56. The summed E-state index contributed by atoms with van der Waals surface area (Å²) in [5, 5.41) is 24.7. The minimum absolute atomic E-state index is 0.0706. The standard InChI is InChI=1S/C17H30N4O7/c1-5-8(2)13(18)16(26)20-9(3)14(24)19-10(4)15(25)21-11(17(27)28)6-7-12(22)23/h8-11,13H,5-7,18H2,1-4H3,(H,19,24)(H,20,26)(H,21,25)(H,22,23)(H,27,28). The van der Waals surface area contributed by atoms with E-state index in [-0.39, 0.29) is 12.3 Å². The predicted octanol–water partition coefficient (Wildman–Crippen LogP) is -1.20. The summed E-state index contributed by atoms with van der Waals surface area (Å²) >= 11 is 0. The zero-order chi connectivity index (χ0) is 22.0. The number of nitrogens with one attached hydrogen (secondary N) is 3. The monoisotopic (exact) mass is 402 g/mol. The van der Waals surface area contributed by atoms with Crippen molar-refractivity contribution in [3.05, 3.63) is 0 Å². The number of hydrogen-bond donors (Lipinski definition) is 6. The Hall–Kier alpha value is -2.69. The first-order valence-electron chi connectivity index (χ1n) is 9.01. The molecule has 0 aliphatic rings. The quantitative estimate of drug-likeness (QED) is 0.235. The maximum Gasteiger partial charge on any atom is 0.326 e. The maximum absolute atomic E-state index is 12.1. The molecule has 0 aromatic carbocycles. The molecule has 0 spiro atoms. The van der Waals surface area contributed by atoms with Crippen LogP contribution in [0.1, 0.15) is 47.0 Å². The van der Waals surface area contributed by atoms with Gasteiger partial charge in [-0.3, -0.25) is 19.2 Å². The molecule has 160 valence electrons. The normalized spacial score (nSPS) is 16.0. The fourth-order valence-corrected chi connectivity index (χ4v) is 2.11. The summed E-state index contributed by atoms with van der Waals surface area (Å²) in [6, 6.07) is -4.22. The SMILES string of the molecule is CCC(C)C(N)C(=O)NC(C)C(=O)NC(C)C(=O)NC(CCC(=O)O)C(=O)O. The van der Waals surface area contributed by atoms with Crippen molar-refractivity contribution >= 4 is 29.7 Å². The molecule has 0 heterocycles. The fraction of sp³-hybridized carbons (Fsp3) is 0.706. The molecule has 3 amide bonds. The molecule has 28 heavy (non-hydrogen) atoms. The second-order valence-electron chi connectivity index (χ2n) is 6.70. The fourth-order valence-electron chi connectivity index (χ4n) is 2.11. The van der Waals surface area contributed by atoms with Crippen LogP contribution in [0.15, 0.2) is 0 Å². The van der Waals surface area contributed by atoms with Crippen LogP contribution < -0.4 is 21.7 Å². The van der Waals surface area contributed by atoms with E-state index in [2.05, 4.69) is 16.0 Å². The second-order valence-corrected chi connectivity index (χ2v) is 6.70. The van der Waals surface area contributed by atoms with Gasteiger partial charge in [0.25, 0.3) is 0 Å². The van der Waals surface area contributed by atoms with Crippen LogP contribution in [-0.4, -0.2) is 64.0 Å². The van der Waals surface area contributed by atoms with Crippen LogP contribution in [0, 0.1) is 5.92 Å². The molecule has 0 aliphatic carbocycles. The van der Waals surface area contributed by atoms with Crippen LogP contribution >= 0.6 is 0 Å². The highest BCUT2D eigenvalue weighted by Gasteiger charge is 2.27. The third-order valence-corrected chi connectivity index (χ3v) is 4.33. The van der Waals surface area contributed by atoms with E-state index in [0.717, 1.165) is 0 Å². The average molecular weight is 402 g/mol. The molecular weight excluding hydrogens is 372 g/mol. The molecule has 0 saturated heterocycles. The van der Waals surface area contributed by atoms with Gasteiger partial charge in [0.1, 0.15) is 18.1 Å². The van der Waals surface area contributed by atoms with Gasteiger partial charge in [-0.15, -0.1) is 0 Å². The van der Waals surface area contributed by atoms with Crippen molar-refractivity contribution in [3.8, 4) is 0 Å². The lowest BCUT2D eigenvalue weighted by atomic mass is 9.99. The number of aliphatic carboxylic acids is 2. The molecule has 11 nitrogen and oxygen atoms in total. The summed E-state index contributed by atoms with van der Waals surface area (Å²) in [5.74, 6) is -4.58. The van der Waals surface area contributed by atoms with Gasteiger partial charge >= 0.3 is 11.9 Å². The maximum atomic E-state index is 12.1. The van der Waals surface area contributed by atoms with Crippen molar-refractivity contribution in [1.29, 1.82) is 0 Å². The molecule has 0 aliphatic heterocycles. The van der Waals surface area contributed by atoms with Crippen molar-refractivity contribution in [2.24, 2.45) is 11.7 Å². The van der Waals surface area contributed by atoms with E-state index in [0.29, 0.717) is 6.42 Å². The predicted molar refractivity (Wildman–Crippen MR) is 99.1 cm³/mol. The van der Waals surface area contributed by atoms with Crippen LogP contribution in [0.4, 0.5) is 0 Å². The largest absolute Gasteiger partial charge is 0.481 e. The zero-order valence-corrected chi connectivity index (χ0v) is 16.5. The van der Waals surface area contributed by atoms with Crippen LogP contribution in [0.25, 0.3) is 0 Å². The highest BCUT2D eigenvalue weighted by molar-refractivity contribution is 5.93. The Labute approximate surface area is 163 Å². The molecule has 0 fully saturated rings. The molecule has 0 radical (unpaired) electrons. The first-order chi connectivity index (χ1) is 12.9. The Balaban J connectivity index is 4.69. The minimum atomic E-state index is -1.39. The lowest BCUT2D eigenvalue weighted by Gasteiger charge is -2.22. The smallest absolute Gasteiger partial charge is 0.326 e. The van der Waals surface area contributed by atoms with Crippen LogP contribution in [0.3, 0.4) is 0 Å². The molecule has 0 aromatic heterocycles.